The van der Waals surface area contributed by atoms with Crippen LogP contribution >= 0.6 is 0 Å². The Morgan fingerprint density at radius 1 is 1.22 bits per heavy atom. The van der Waals surface area contributed by atoms with Gasteiger partial charge in [-0.2, -0.15) is 0 Å². The van der Waals surface area contributed by atoms with Crippen LogP contribution in [0.25, 0.3) is 0 Å². The molecule has 142 valence electrons. The van der Waals surface area contributed by atoms with Gasteiger partial charge in [-0.05, 0) is 45.2 Å². The Balaban J connectivity index is 1.58. The van der Waals surface area contributed by atoms with Crippen molar-refractivity contribution in [1.29, 1.82) is 0 Å². The topological polar surface area (TPSA) is 66.8 Å². The third-order valence-corrected chi connectivity index (χ3v) is 4.29. The number of para-hydroxylation sites is 1. The standard InChI is InChI=1S/C21H26N4O2/c1-21(2)15-27-20(24-21)17-9-4-5-10-18(17)23-19(26)14-25(3)13-11-16-8-6-7-12-22-16/h4-10,12H,11,13-15H2,1-3H3,(H,23,26). The molecule has 1 aliphatic heterocycles. The van der Waals surface area contributed by atoms with Gasteiger partial charge in [0.2, 0.25) is 11.8 Å². The molecular formula is C21H26N4O2. The van der Waals surface area contributed by atoms with E-state index in [1.165, 1.54) is 0 Å². The number of nitrogens with one attached hydrogen (secondary N) is 1. The van der Waals surface area contributed by atoms with E-state index < -0.39 is 0 Å². The molecule has 0 radical (unpaired) electrons. The summed E-state index contributed by atoms with van der Waals surface area (Å²) >= 11 is 0. The zero-order chi connectivity index (χ0) is 19.3. The number of rotatable bonds is 7. The molecule has 0 unspecified atom stereocenters. The zero-order valence-corrected chi connectivity index (χ0v) is 16.1. The third-order valence-electron chi connectivity index (χ3n) is 4.29. The summed E-state index contributed by atoms with van der Waals surface area (Å²) in [7, 11) is 1.93. The first-order chi connectivity index (χ1) is 12.9. The molecule has 0 fully saturated rings. The van der Waals surface area contributed by atoms with Crippen LogP contribution in [0.4, 0.5) is 5.69 Å². The van der Waals surface area contributed by atoms with E-state index in [2.05, 4.69) is 15.3 Å². The predicted molar refractivity (Wildman–Crippen MR) is 107 cm³/mol. The summed E-state index contributed by atoms with van der Waals surface area (Å²) in [5.74, 6) is 0.517. The van der Waals surface area contributed by atoms with Gasteiger partial charge in [0.05, 0.1) is 23.3 Å². The van der Waals surface area contributed by atoms with E-state index in [0.717, 1.165) is 29.9 Å². The molecule has 0 aliphatic carbocycles. The summed E-state index contributed by atoms with van der Waals surface area (Å²) in [4.78, 5) is 23.4. The molecule has 0 saturated carbocycles. The number of benzene rings is 1. The lowest BCUT2D eigenvalue weighted by Crippen LogP contribution is -2.32. The summed E-state index contributed by atoms with van der Waals surface area (Å²) in [6.07, 6.45) is 2.59. The van der Waals surface area contributed by atoms with E-state index in [-0.39, 0.29) is 11.4 Å². The lowest BCUT2D eigenvalue weighted by atomic mass is 10.1. The Hall–Kier alpha value is -2.73. The number of amides is 1. The number of hydrogen-bond donors (Lipinski definition) is 1. The second-order valence-corrected chi connectivity index (χ2v) is 7.42. The Bertz CT molecular complexity index is 818. The Morgan fingerprint density at radius 3 is 2.70 bits per heavy atom. The molecule has 6 nitrogen and oxygen atoms in total. The first kappa shape index (κ1) is 19.0. The van der Waals surface area contributed by atoms with E-state index in [1.54, 1.807) is 6.20 Å². The highest BCUT2D eigenvalue weighted by atomic mass is 16.5. The molecule has 0 bridgehead atoms. The number of carbonyl (C=O) groups excluding carboxylic acids is 1. The van der Waals surface area contributed by atoms with Crippen molar-refractivity contribution in [2.24, 2.45) is 4.99 Å². The van der Waals surface area contributed by atoms with E-state index in [1.807, 2.05) is 68.3 Å². The van der Waals surface area contributed by atoms with Gasteiger partial charge >= 0.3 is 0 Å². The normalized spacial score (nSPS) is 15.3. The summed E-state index contributed by atoms with van der Waals surface area (Å²) in [5.41, 5.74) is 2.32. The highest BCUT2D eigenvalue weighted by Crippen LogP contribution is 2.24. The lowest BCUT2D eigenvalue weighted by Gasteiger charge is -2.17. The van der Waals surface area contributed by atoms with Crippen molar-refractivity contribution < 1.29 is 9.53 Å². The molecule has 1 aromatic carbocycles. The van der Waals surface area contributed by atoms with Gasteiger partial charge in [0.25, 0.3) is 0 Å². The largest absolute Gasteiger partial charge is 0.475 e. The zero-order valence-electron chi connectivity index (χ0n) is 16.1. The maximum atomic E-state index is 12.5. The second-order valence-electron chi connectivity index (χ2n) is 7.42. The number of anilines is 1. The maximum Gasteiger partial charge on any atom is 0.238 e. The van der Waals surface area contributed by atoms with Crippen molar-refractivity contribution in [3.63, 3.8) is 0 Å². The van der Waals surface area contributed by atoms with Crippen molar-refractivity contribution in [1.82, 2.24) is 9.88 Å². The summed E-state index contributed by atoms with van der Waals surface area (Å²) in [6.45, 7) is 5.66. The molecule has 2 aromatic rings. The van der Waals surface area contributed by atoms with Gasteiger partial charge in [0, 0.05) is 24.9 Å². The number of ether oxygens (including phenoxy) is 1. The van der Waals surface area contributed by atoms with Crippen molar-refractivity contribution in [2.45, 2.75) is 25.8 Å². The number of aromatic nitrogens is 1. The van der Waals surface area contributed by atoms with Gasteiger partial charge in [-0.1, -0.05) is 18.2 Å². The van der Waals surface area contributed by atoms with Crippen LogP contribution in [-0.2, 0) is 16.0 Å². The van der Waals surface area contributed by atoms with Crippen LogP contribution in [-0.4, -0.2) is 54.0 Å². The smallest absolute Gasteiger partial charge is 0.238 e. The maximum absolute atomic E-state index is 12.5. The number of hydrogen-bond acceptors (Lipinski definition) is 5. The van der Waals surface area contributed by atoms with Crippen LogP contribution in [0.1, 0.15) is 25.1 Å². The molecular weight excluding hydrogens is 340 g/mol. The summed E-state index contributed by atoms with van der Waals surface area (Å²) < 4.78 is 5.73. The molecule has 27 heavy (non-hydrogen) atoms. The fourth-order valence-electron chi connectivity index (χ4n) is 2.87. The van der Waals surface area contributed by atoms with Gasteiger partial charge in [0.15, 0.2) is 0 Å². The quantitative estimate of drug-likeness (QED) is 0.818. The number of aliphatic imine (C=N–C) groups is 1. The van der Waals surface area contributed by atoms with Crippen LogP contribution in [0.2, 0.25) is 0 Å². The van der Waals surface area contributed by atoms with Gasteiger partial charge in [0.1, 0.15) is 6.61 Å². The molecule has 0 saturated heterocycles. The third kappa shape index (κ3) is 5.37. The lowest BCUT2D eigenvalue weighted by molar-refractivity contribution is -0.117. The van der Waals surface area contributed by atoms with Crippen LogP contribution in [0, 0.1) is 0 Å². The van der Waals surface area contributed by atoms with Crippen molar-refractivity contribution in [2.75, 3.05) is 32.1 Å². The fourth-order valence-corrected chi connectivity index (χ4v) is 2.87. The molecule has 3 rings (SSSR count). The van der Waals surface area contributed by atoms with Gasteiger partial charge in [-0.3, -0.25) is 14.7 Å². The Labute approximate surface area is 160 Å². The highest BCUT2D eigenvalue weighted by molar-refractivity contribution is 6.04. The van der Waals surface area contributed by atoms with E-state index in [0.29, 0.717) is 19.0 Å². The van der Waals surface area contributed by atoms with Gasteiger partial charge < -0.3 is 10.1 Å². The average Bonchev–Trinajstić information content (AvgIpc) is 3.01. The molecule has 0 atom stereocenters. The highest BCUT2D eigenvalue weighted by Gasteiger charge is 2.28. The molecule has 1 amide bonds. The number of pyridine rings is 1. The second kappa shape index (κ2) is 8.31. The van der Waals surface area contributed by atoms with E-state index in [9.17, 15) is 4.79 Å². The van der Waals surface area contributed by atoms with Crippen LogP contribution in [0.3, 0.4) is 0 Å². The average molecular weight is 366 g/mol. The number of likely N-dealkylation sites (N-methyl/N-ethyl adjacent to an activating group) is 1. The first-order valence-electron chi connectivity index (χ1n) is 9.13. The van der Waals surface area contributed by atoms with E-state index >= 15 is 0 Å². The van der Waals surface area contributed by atoms with Crippen molar-refractivity contribution in [3.05, 3.63) is 59.9 Å². The Kier molecular flexibility index (Phi) is 5.86. The minimum atomic E-state index is -0.238. The minimum absolute atomic E-state index is 0.0659. The molecule has 6 heteroatoms. The van der Waals surface area contributed by atoms with Gasteiger partial charge in [-0.15, -0.1) is 0 Å². The number of nitrogens with zero attached hydrogens (tertiary/aromatic N) is 3. The van der Waals surface area contributed by atoms with E-state index in [4.69, 9.17) is 4.74 Å². The predicted octanol–water partition coefficient (Wildman–Crippen LogP) is 2.75. The summed E-state index contributed by atoms with van der Waals surface area (Å²) in [5, 5.41) is 2.99. The van der Waals surface area contributed by atoms with Crippen molar-refractivity contribution >= 4 is 17.5 Å². The SMILES string of the molecule is CN(CCc1ccccn1)CC(=O)Nc1ccccc1C1=NC(C)(C)CO1. The number of carbonyl (C=O) groups is 1. The van der Waals surface area contributed by atoms with Crippen molar-refractivity contribution in [3.8, 4) is 0 Å². The minimum Gasteiger partial charge on any atom is -0.475 e. The molecule has 1 aromatic heterocycles. The monoisotopic (exact) mass is 366 g/mol. The van der Waals surface area contributed by atoms with Crippen LogP contribution in [0.5, 0.6) is 0 Å². The fraction of sp³-hybridized carbons (Fsp3) is 0.381. The van der Waals surface area contributed by atoms with Crippen LogP contribution in [0.15, 0.2) is 53.7 Å². The molecule has 2 heterocycles. The molecule has 1 aliphatic rings. The van der Waals surface area contributed by atoms with Gasteiger partial charge in [-0.25, -0.2) is 4.99 Å². The Morgan fingerprint density at radius 2 is 2.00 bits per heavy atom. The molecule has 1 N–H and O–H groups in total. The van der Waals surface area contributed by atoms with Crippen LogP contribution < -0.4 is 5.32 Å². The molecule has 0 spiro atoms. The first-order valence-corrected chi connectivity index (χ1v) is 9.13. The summed E-state index contributed by atoms with van der Waals surface area (Å²) in [6, 6.07) is 13.5.